The van der Waals surface area contributed by atoms with Gasteiger partial charge >= 0.3 is 0 Å². The van der Waals surface area contributed by atoms with E-state index in [1.807, 2.05) is 65.2 Å². The van der Waals surface area contributed by atoms with Crippen molar-refractivity contribution < 1.29 is 4.79 Å². The maximum Gasteiger partial charge on any atom is 0.196 e. The lowest BCUT2D eigenvalue weighted by atomic mass is 10.2. The van der Waals surface area contributed by atoms with Crippen LogP contribution in [-0.2, 0) is 0 Å². The molecule has 0 bridgehead atoms. The molecule has 0 radical (unpaired) electrons. The van der Waals surface area contributed by atoms with E-state index in [0.717, 1.165) is 15.7 Å². The Morgan fingerprint density at radius 2 is 1.47 bits per heavy atom. The smallest absolute Gasteiger partial charge is 0.196 e. The Bertz CT molecular complexity index is 1180. The van der Waals surface area contributed by atoms with E-state index in [1.54, 1.807) is 12.1 Å². The summed E-state index contributed by atoms with van der Waals surface area (Å²) in [5, 5.41) is 10.6. The topological polar surface area (TPSA) is 47.8 Å². The van der Waals surface area contributed by atoms with Crippen molar-refractivity contribution >= 4 is 56.7 Å². The van der Waals surface area contributed by atoms with Crippen molar-refractivity contribution in [3.05, 3.63) is 92.9 Å². The number of ketones is 1. The average molecular weight is 519 g/mol. The first-order chi connectivity index (χ1) is 14.5. The van der Waals surface area contributed by atoms with E-state index in [1.165, 1.54) is 11.8 Å². The Kier molecular flexibility index (Phi) is 6.58. The molecule has 0 fully saturated rings. The molecule has 0 unspecified atom stereocenters. The summed E-state index contributed by atoms with van der Waals surface area (Å²) in [4.78, 5) is 12.6. The third-order valence-electron chi connectivity index (χ3n) is 4.32. The van der Waals surface area contributed by atoms with Crippen molar-refractivity contribution in [1.29, 1.82) is 0 Å². The summed E-state index contributed by atoms with van der Waals surface area (Å²) >= 11 is 16.8. The van der Waals surface area contributed by atoms with Crippen LogP contribution in [0.15, 0.2) is 82.4 Å². The first-order valence-corrected chi connectivity index (χ1v) is 11.4. The molecule has 0 saturated carbocycles. The van der Waals surface area contributed by atoms with Gasteiger partial charge in [0.1, 0.15) is 0 Å². The number of benzene rings is 3. The van der Waals surface area contributed by atoms with Crippen LogP contribution in [0.2, 0.25) is 10.0 Å². The third kappa shape index (κ3) is 4.78. The molecule has 150 valence electrons. The van der Waals surface area contributed by atoms with Gasteiger partial charge in [-0.2, -0.15) is 0 Å². The molecule has 1 heterocycles. The molecular formula is C22H14BrCl2N3OS. The standard InChI is InChI=1S/C22H14BrCl2N3OS/c23-16-5-1-14(2-6-16)20(29)13-30-22-27-26-21(15-3-7-17(24)8-4-15)28(22)19-11-9-18(25)10-12-19/h1-12H,13H2. The molecule has 0 spiro atoms. The molecule has 0 saturated heterocycles. The lowest BCUT2D eigenvalue weighted by Gasteiger charge is -2.10. The van der Waals surface area contributed by atoms with Gasteiger partial charge in [-0.05, 0) is 60.7 Å². The largest absolute Gasteiger partial charge is 0.293 e. The van der Waals surface area contributed by atoms with Crippen LogP contribution in [0.4, 0.5) is 0 Å². The van der Waals surface area contributed by atoms with Gasteiger partial charge in [0.05, 0.1) is 5.75 Å². The summed E-state index contributed by atoms with van der Waals surface area (Å²) in [6.07, 6.45) is 0. The number of halogens is 3. The van der Waals surface area contributed by atoms with Crippen LogP contribution in [0.25, 0.3) is 17.1 Å². The summed E-state index contributed by atoms with van der Waals surface area (Å²) in [6, 6.07) is 22.1. The van der Waals surface area contributed by atoms with Crippen LogP contribution in [0.5, 0.6) is 0 Å². The molecule has 4 nitrogen and oxygen atoms in total. The third-order valence-corrected chi connectivity index (χ3v) is 6.28. The van der Waals surface area contributed by atoms with Gasteiger partial charge in [-0.25, -0.2) is 0 Å². The van der Waals surface area contributed by atoms with Crippen molar-refractivity contribution in [2.45, 2.75) is 5.16 Å². The maximum atomic E-state index is 12.6. The zero-order valence-electron chi connectivity index (χ0n) is 15.4. The van der Waals surface area contributed by atoms with Crippen molar-refractivity contribution in [2.24, 2.45) is 0 Å². The molecule has 0 atom stereocenters. The second-order valence-electron chi connectivity index (χ2n) is 6.34. The highest BCUT2D eigenvalue weighted by molar-refractivity contribution is 9.10. The Hall–Kier alpha value is -2.12. The van der Waals surface area contributed by atoms with E-state index in [-0.39, 0.29) is 11.5 Å². The average Bonchev–Trinajstić information content (AvgIpc) is 3.17. The van der Waals surface area contributed by atoms with Gasteiger partial charge in [0, 0.05) is 31.3 Å². The van der Waals surface area contributed by atoms with E-state index in [2.05, 4.69) is 26.1 Å². The number of nitrogens with zero attached hydrogens (tertiary/aromatic N) is 3. The van der Waals surface area contributed by atoms with Crippen LogP contribution in [-0.4, -0.2) is 26.3 Å². The molecule has 0 N–H and O–H groups in total. The molecule has 0 amide bonds. The molecule has 8 heteroatoms. The van der Waals surface area contributed by atoms with Gasteiger partial charge in [0.2, 0.25) is 0 Å². The summed E-state index contributed by atoms with van der Waals surface area (Å²) < 4.78 is 2.85. The van der Waals surface area contributed by atoms with Gasteiger partial charge in [-0.15, -0.1) is 10.2 Å². The minimum Gasteiger partial charge on any atom is -0.293 e. The molecule has 30 heavy (non-hydrogen) atoms. The monoisotopic (exact) mass is 517 g/mol. The number of Topliss-reactive ketones (excluding diaryl/α,β-unsaturated/α-hetero) is 1. The zero-order chi connectivity index (χ0) is 21.1. The highest BCUT2D eigenvalue weighted by Gasteiger charge is 2.18. The Labute approximate surface area is 196 Å². The van der Waals surface area contributed by atoms with E-state index in [9.17, 15) is 4.79 Å². The molecule has 1 aromatic heterocycles. The van der Waals surface area contributed by atoms with Crippen molar-refractivity contribution in [1.82, 2.24) is 14.8 Å². The number of hydrogen-bond donors (Lipinski definition) is 0. The van der Waals surface area contributed by atoms with Crippen molar-refractivity contribution in [2.75, 3.05) is 5.75 Å². The van der Waals surface area contributed by atoms with Gasteiger partial charge in [0.15, 0.2) is 16.8 Å². The number of carbonyl (C=O) groups is 1. The Balaban J connectivity index is 1.67. The number of thioether (sulfide) groups is 1. The minimum absolute atomic E-state index is 0.0196. The van der Waals surface area contributed by atoms with E-state index in [4.69, 9.17) is 23.2 Å². The van der Waals surface area contributed by atoms with Crippen LogP contribution >= 0.6 is 50.9 Å². The van der Waals surface area contributed by atoms with Crippen LogP contribution in [0.3, 0.4) is 0 Å². The quantitative estimate of drug-likeness (QED) is 0.204. The van der Waals surface area contributed by atoms with Crippen molar-refractivity contribution in [3.8, 4) is 17.1 Å². The fourth-order valence-corrected chi connectivity index (χ4v) is 4.18. The van der Waals surface area contributed by atoms with E-state index < -0.39 is 0 Å². The predicted octanol–water partition coefficient (Wildman–Crippen LogP) is 6.98. The SMILES string of the molecule is O=C(CSc1nnc(-c2ccc(Cl)cc2)n1-c1ccc(Cl)cc1)c1ccc(Br)cc1. The number of hydrogen-bond acceptors (Lipinski definition) is 4. The summed E-state index contributed by atoms with van der Waals surface area (Å²) in [5.41, 5.74) is 2.38. The number of carbonyl (C=O) groups excluding carboxylic acids is 1. The highest BCUT2D eigenvalue weighted by atomic mass is 79.9. The fourth-order valence-electron chi connectivity index (χ4n) is 2.82. The molecule has 4 aromatic rings. The second-order valence-corrected chi connectivity index (χ2v) is 9.07. The Morgan fingerprint density at radius 1 is 0.867 bits per heavy atom. The summed E-state index contributed by atoms with van der Waals surface area (Å²) in [7, 11) is 0. The van der Waals surface area contributed by atoms with E-state index in [0.29, 0.717) is 26.6 Å². The summed E-state index contributed by atoms with van der Waals surface area (Å²) in [6.45, 7) is 0. The lowest BCUT2D eigenvalue weighted by Crippen LogP contribution is -2.05. The van der Waals surface area contributed by atoms with E-state index >= 15 is 0 Å². The van der Waals surface area contributed by atoms with Gasteiger partial charge in [-0.1, -0.05) is 63.0 Å². The number of rotatable bonds is 6. The summed E-state index contributed by atoms with van der Waals surface area (Å²) in [5.74, 6) is 0.923. The normalized spacial score (nSPS) is 10.9. The molecule has 4 rings (SSSR count). The minimum atomic E-state index is 0.0196. The lowest BCUT2D eigenvalue weighted by molar-refractivity contribution is 0.102. The van der Waals surface area contributed by atoms with Crippen molar-refractivity contribution in [3.63, 3.8) is 0 Å². The van der Waals surface area contributed by atoms with Crippen LogP contribution < -0.4 is 0 Å². The molecule has 0 aliphatic carbocycles. The zero-order valence-corrected chi connectivity index (χ0v) is 19.3. The molecule has 0 aliphatic heterocycles. The number of aromatic nitrogens is 3. The Morgan fingerprint density at radius 3 is 2.10 bits per heavy atom. The van der Waals surface area contributed by atoms with Gasteiger partial charge in [-0.3, -0.25) is 9.36 Å². The first kappa shape index (κ1) is 21.1. The van der Waals surface area contributed by atoms with Gasteiger partial charge < -0.3 is 0 Å². The molecule has 0 aliphatic rings. The fraction of sp³-hybridized carbons (Fsp3) is 0.0455. The molecular weight excluding hydrogens is 505 g/mol. The first-order valence-electron chi connectivity index (χ1n) is 8.90. The van der Waals surface area contributed by atoms with Gasteiger partial charge in [0.25, 0.3) is 0 Å². The molecule has 3 aromatic carbocycles. The maximum absolute atomic E-state index is 12.6. The predicted molar refractivity (Wildman–Crippen MR) is 126 cm³/mol. The highest BCUT2D eigenvalue weighted by Crippen LogP contribution is 2.29. The van der Waals surface area contributed by atoms with Crippen LogP contribution in [0, 0.1) is 0 Å². The van der Waals surface area contributed by atoms with Crippen LogP contribution in [0.1, 0.15) is 10.4 Å². The second kappa shape index (κ2) is 9.35.